The molecule has 1 fully saturated rings. The smallest absolute Gasteiger partial charge is 0.290 e. The molecule has 1 saturated heterocycles. The third kappa shape index (κ3) is 5.37. The number of carbonyl (C=O) groups is 3. The first-order valence-electron chi connectivity index (χ1n) is 8.54. The summed E-state index contributed by atoms with van der Waals surface area (Å²) in [5.74, 6) is 0.572. The number of carbonyl (C=O) groups excluding carboxylic acids is 3. The summed E-state index contributed by atoms with van der Waals surface area (Å²) in [7, 11) is 0. The molecule has 3 amide bonds. The lowest BCUT2D eigenvalue weighted by atomic mass is 10.2. The number of hydrogen-bond donors (Lipinski definition) is 2. The summed E-state index contributed by atoms with van der Waals surface area (Å²) in [5, 5.41) is 4.56. The van der Waals surface area contributed by atoms with E-state index < -0.39 is 5.91 Å². The Balaban J connectivity index is 1.50. The van der Waals surface area contributed by atoms with Crippen molar-refractivity contribution in [2.45, 2.75) is 6.92 Å². The van der Waals surface area contributed by atoms with Gasteiger partial charge in [-0.15, -0.1) is 0 Å². The van der Waals surface area contributed by atoms with Crippen molar-refractivity contribution in [3.63, 3.8) is 0 Å². The van der Waals surface area contributed by atoms with Crippen LogP contribution in [0.3, 0.4) is 0 Å². The number of ether oxygens (including phenoxy) is 2. The maximum absolute atomic E-state index is 12.0. The molecule has 1 heterocycles. The van der Waals surface area contributed by atoms with Crippen LogP contribution in [0.1, 0.15) is 12.5 Å². The molecule has 7 nitrogen and oxygen atoms in total. The first-order chi connectivity index (χ1) is 13.5. The number of hydrogen-bond acceptors (Lipinski definition) is 6. The van der Waals surface area contributed by atoms with Gasteiger partial charge in [-0.3, -0.25) is 19.7 Å². The maximum atomic E-state index is 12.0. The molecule has 2 aromatic rings. The average molecular weight is 398 g/mol. The van der Waals surface area contributed by atoms with Crippen LogP contribution in [0.5, 0.6) is 11.5 Å². The molecule has 0 radical (unpaired) electrons. The number of nitrogens with one attached hydrogen (secondary N) is 2. The summed E-state index contributed by atoms with van der Waals surface area (Å²) in [5.41, 5.74) is 1.40. The van der Waals surface area contributed by atoms with Crippen molar-refractivity contribution in [1.82, 2.24) is 5.32 Å². The van der Waals surface area contributed by atoms with E-state index in [1.54, 1.807) is 54.6 Å². The van der Waals surface area contributed by atoms with Gasteiger partial charge in [-0.05, 0) is 66.7 Å². The van der Waals surface area contributed by atoms with Gasteiger partial charge in [0.1, 0.15) is 11.5 Å². The molecule has 2 aromatic carbocycles. The predicted octanol–water partition coefficient (Wildman–Crippen LogP) is 3.43. The molecule has 8 heteroatoms. The Kier molecular flexibility index (Phi) is 6.33. The molecule has 1 aliphatic heterocycles. The van der Waals surface area contributed by atoms with Crippen molar-refractivity contribution >= 4 is 40.6 Å². The van der Waals surface area contributed by atoms with E-state index in [0.29, 0.717) is 22.9 Å². The molecule has 0 aliphatic carbocycles. The second-order valence-corrected chi connectivity index (χ2v) is 6.73. The second-order valence-electron chi connectivity index (χ2n) is 5.72. The van der Waals surface area contributed by atoms with Crippen LogP contribution in [0, 0.1) is 0 Å². The highest BCUT2D eigenvalue weighted by atomic mass is 32.2. The molecular weight excluding hydrogens is 380 g/mol. The van der Waals surface area contributed by atoms with Crippen molar-refractivity contribution in [3.05, 3.63) is 59.0 Å². The van der Waals surface area contributed by atoms with Crippen molar-refractivity contribution in [3.8, 4) is 11.5 Å². The van der Waals surface area contributed by atoms with Crippen LogP contribution < -0.4 is 20.1 Å². The Bertz CT molecular complexity index is 907. The van der Waals surface area contributed by atoms with Gasteiger partial charge >= 0.3 is 0 Å². The molecule has 28 heavy (non-hydrogen) atoms. The Morgan fingerprint density at radius 2 is 1.68 bits per heavy atom. The minimum atomic E-state index is -0.402. The van der Waals surface area contributed by atoms with Crippen LogP contribution in [-0.4, -0.2) is 30.3 Å². The lowest BCUT2D eigenvalue weighted by Crippen LogP contribution is -2.20. The predicted molar refractivity (Wildman–Crippen MR) is 107 cm³/mol. The van der Waals surface area contributed by atoms with E-state index in [4.69, 9.17) is 9.47 Å². The van der Waals surface area contributed by atoms with Crippen LogP contribution >= 0.6 is 11.8 Å². The Hall–Kier alpha value is -3.26. The van der Waals surface area contributed by atoms with Gasteiger partial charge < -0.3 is 14.8 Å². The van der Waals surface area contributed by atoms with Crippen molar-refractivity contribution < 1.29 is 23.9 Å². The highest BCUT2D eigenvalue weighted by Gasteiger charge is 2.24. The van der Waals surface area contributed by atoms with E-state index in [0.717, 1.165) is 23.1 Å². The molecule has 3 rings (SSSR count). The molecule has 2 N–H and O–H groups in total. The molecule has 0 spiro atoms. The van der Waals surface area contributed by atoms with Crippen molar-refractivity contribution in [1.29, 1.82) is 0 Å². The van der Waals surface area contributed by atoms with E-state index in [1.807, 2.05) is 6.92 Å². The molecule has 0 atom stereocenters. The van der Waals surface area contributed by atoms with E-state index >= 15 is 0 Å². The summed E-state index contributed by atoms with van der Waals surface area (Å²) < 4.78 is 10.8. The van der Waals surface area contributed by atoms with Crippen LogP contribution in [0.25, 0.3) is 6.08 Å². The summed E-state index contributed by atoms with van der Waals surface area (Å²) in [4.78, 5) is 35.0. The number of benzene rings is 2. The van der Waals surface area contributed by atoms with E-state index in [-0.39, 0.29) is 17.8 Å². The third-order valence-electron chi connectivity index (χ3n) is 3.64. The molecular formula is C20H18N2O5S. The van der Waals surface area contributed by atoms with Gasteiger partial charge in [-0.1, -0.05) is 12.1 Å². The lowest BCUT2D eigenvalue weighted by molar-refractivity contribution is -0.118. The van der Waals surface area contributed by atoms with Gasteiger partial charge in [-0.2, -0.15) is 0 Å². The Labute approximate surface area is 166 Å². The van der Waals surface area contributed by atoms with Gasteiger partial charge in [-0.25, -0.2) is 0 Å². The van der Waals surface area contributed by atoms with Crippen molar-refractivity contribution in [2.24, 2.45) is 0 Å². The maximum Gasteiger partial charge on any atom is 0.290 e. The largest absolute Gasteiger partial charge is 0.494 e. The Morgan fingerprint density at radius 1 is 1.04 bits per heavy atom. The zero-order valence-electron chi connectivity index (χ0n) is 15.1. The SMILES string of the molecule is CCOc1ccc(NC(=O)COc2ccc(/C=C3\SC(=O)NC3=O)cc2)cc1. The molecule has 0 unspecified atom stereocenters. The van der Waals surface area contributed by atoms with E-state index in [9.17, 15) is 14.4 Å². The highest BCUT2D eigenvalue weighted by Crippen LogP contribution is 2.26. The molecule has 1 aliphatic rings. The summed E-state index contributed by atoms with van der Waals surface area (Å²) in [6, 6.07) is 13.9. The lowest BCUT2D eigenvalue weighted by Gasteiger charge is -2.09. The Morgan fingerprint density at radius 3 is 2.29 bits per heavy atom. The molecule has 144 valence electrons. The zero-order chi connectivity index (χ0) is 19.9. The fourth-order valence-corrected chi connectivity index (χ4v) is 3.06. The summed E-state index contributed by atoms with van der Waals surface area (Å²) >= 11 is 0.861. The average Bonchev–Trinajstić information content (AvgIpc) is 3.00. The topological polar surface area (TPSA) is 93.7 Å². The van der Waals surface area contributed by atoms with Crippen LogP contribution in [0.2, 0.25) is 0 Å². The third-order valence-corrected chi connectivity index (χ3v) is 4.45. The molecule has 0 bridgehead atoms. The molecule has 0 aromatic heterocycles. The first-order valence-corrected chi connectivity index (χ1v) is 9.35. The monoisotopic (exact) mass is 398 g/mol. The normalized spacial score (nSPS) is 14.7. The minimum absolute atomic E-state index is 0.138. The fraction of sp³-hybridized carbons (Fsp3) is 0.150. The van der Waals surface area contributed by atoms with Crippen LogP contribution in [0.15, 0.2) is 53.4 Å². The number of thioether (sulfide) groups is 1. The highest BCUT2D eigenvalue weighted by molar-refractivity contribution is 8.18. The van der Waals surface area contributed by atoms with Gasteiger partial charge in [0, 0.05) is 5.69 Å². The van der Waals surface area contributed by atoms with Gasteiger partial charge in [0.15, 0.2) is 6.61 Å². The fourth-order valence-electron chi connectivity index (χ4n) is 2.38. The quantitative estimate of drug-likeness (QED) is 0.694. The van der Waals surface area contributed by atoms with Crippen molar-refractivity contribution in [2.75, 3.05) is 18.5 Å². The van der Waals surface area contributed by atoms with Gasteiger partial charge in [0.25, 0.3) is 17.1 Å². The number of anilines is 1. The minimum Gasteiger partial charge on any atom is -0.494 e. The van der Waals surface area contributed by atoms with Crippen LogP contribution in [0.4, 0.5) is 10.5 Å². The number of amides is 3. The van der Waals surface area contributed by atoms with Crippen LogP contribution in [-0.2, 0) is 9.59 Å². The first kappa shape index (κ1) is 19.5. The number of rotatable bonds is 7. The molecule has 0 saturated carbocycles. The standard InChI is InChI=1S/C20H18N2O5S/c1-2-26-15-9-5-14(6-10-15)21-18(23)12-27-16-7-3-13(4-8-16)11-17-19(24)22-20(25)28-17/h3-11H,2,12H2,1H3,(H,21,23)(H,22,24,25)/b17-11-. The van der Waals surface area contributed by atoms with E-state index in [1.165, 1.54) is 0 Å². The summed E-state index contributed by atoms with van der Waals surface area (Å²) in [6.07, 6.45) is 1.62. The van der Waals surface area contributed by atoms with E-state index in [2.05, 4.69) is 10.6 Å². The van der Waals surface area contributed by atoms with Gasteiger partial charge in [0.05, 0.1) is 11.5 Å². The van der Waals surface area contributed by atoms with Gasteiger partial charge in [0.2, 0.25) is 0 Å². The number of imide groups is 1. The summed E-state index contributed by atoms with van der Waals surface area (Å²) in [6.45, 7) is 2.35. The second kappa shape index (κ2) is 9.09. The zero-order valence-corrected chi connectivity index (χ0v) is 15.9.